The highest BCUT2D eigenvalue weighted by molar-refractivity contribution is 6.21. The van der Waals surface area contributed by atoms with Crippen molar-refractivity contribution in [2.75, 3.05) is 6.54 Å². The summed E-state index contributed by atoms with van der Waals surface area (Å²) in [6, 6.07) is -0.442. The summed E-state index contributed by atoms with van der Waals surface area (Å²) in [5, 5.41) is -0.160. The second kappa shape index (κ2) is 4.39. The molecule has 0 aromatic heterocycles. The Labute approximate surface area is 94.5 Å². The maximum atomic E-state index is 11.7. The van der Waals surface area contributed by atoms with Gasteiger partial charge < -0.3 is 9.53 Å². The van der Waals surface area contributed by atoms with E-state index in [2.05, 4.69) is 0 Å². The Kier molecular flexibility index (Phi) is 3.60. The lowest BCUT2D eigenvalue weighted by molar-refractivity contribution is -0.111. The van der Waals surface area contributed by atoms with E-state index in [4.69, 9.17) is 16.3 Å². The number of likely N-dealkylation sites (tertiary alicyclic amines) is 1. The molecule has 1 heterocycles. The first-order valence-electron chi connectivity index (χ1n) is 4.92. The number of carbonyl (C=O) groups excluding carboxylic acids is 2. The number of carbonyl (C=O) groups is 2. The summed E-state index contributed by atoms with van der Waals surface area (Å²) in [5.74, 6) is 0. The molecular formula is C10H16ClNO3. The number of aldehydes is 1. The number of hydrogen-bond donors (Lipinski definition) is 0. The van der Waals surface area contributed by atoms with E-state index >= 15 is 0 Å². The molecule has 86 valence electrons. The zero-order valence-electron chi connectivity index (χ0n) is 9.20. The highest BCUT2D eigenvalue weighted by Crippen LogP contribution is 2.23. The number of hydrogen-bond acceptors (Lipinski definition) is 3. The van der Waals surface area contributed by atoms with Crippen LogP contribution in [0, 0.1) is 0 Å². The Morgan fingerprint density at radius 3 is 2.60 bits per heavy atom. The second-order valence-corrected chi connectivity index (χ2v) is 5.29. The van der Waals surface area contributed by atoms with E-state index in [0.29, 0.717) is 13.0 Å². The third-order valence-electron chi connectivity index (χ3n) is 2.08. The molecule has 2 atom stereocenters. The van der Waals surface area contributed by atoms with E-state index < -0.39 is 17.7 Å². The average Bonchev–Trinajstić information content (AvgIpc) is 2.43. The SMILES string of the molecule is CC(C)(C)OC(=O)N1CC(Cl)CC1C=O. The van der Waals surface area contributed by atoms with Crippen LogP contribution < -0.4 is 0 Å². The Balaban J connectivity index is 2.63. The highest BCUT2D eigenvalue weighted by Gasteiger charge is 2.36. The number of amides is 1. The molecule has 0 aromatic carbocycles. The van der Waals surface area contributed by atoms with Crippen molar-refractivity contribution >= 4 is 24.0 Å². The molecule has 1 aliphatic heterocycles. The van der Waals surface area contributed by atoms with Crippen molar-refractivity contribution in [3.8, 4) is 0 Å². The Hall–Kier alpha value is -0.770. The topological polar surface area (TPSA) is 46.6 Å². The lowest BCUT2D eigenvalue weighted by Crippen LogP contribution is -2.40. The van der Waals surface area contributed by atoms with Crippen LogP contribution >= 0.6 is 11.6 Å². The van der Waals surface area contributed by atoms with Crippen LogP contribution in [0.5, 0.6) is 0 Å². The third kappa shape index (κ3) is 3.38. The highest BCUT2D eigenvalue weighted by atomic mass is 35.5. The molecule has 0 aromatic rings. The number of nitrogens with zero attached hydrogens (tertiary/aromatic N) is 1. The van der Waals surface area contributed by atoms with Gasteiger partial charge in [0.25, 0.3) is 0 Å². The lowest BCUT2D eigenvalue weighted by Gasteiger charge is -2.26. The summed E-state index contributed by atoms with van der Waals surface area (Å²) in [6.45, 7) is 5.74. The van der Waals surface area contributed by atoms with Crippen molar-refractivity contribution in [3.05, 3.63) is 0 Å². The Morgan fingerprint density at radius 2 is 2.13 bits per heavy atom. The largest absolute Gasteiger partial charge is 0.444 e. The second-order valence-electron chi connectivity index (χ2n) is 4.67. The van der Waals surface area contributed by atoms with Crippen LogP contribution in [0.25, 0.3) is 0 Å². The van der Waals surface area contributed by atoms with Crippen LogP contribution in [0.4, 0.5) is 4.79 Å². The fourth-order valence-electron chi connectivity index (χ4n) is 1.47. The van der Waals surface area contributed by atoms with Crippen molar-refractivity contribution in [2.45, 2.75) is 44.2 Å². The number of alkyl halides is 1. The Morgan fingerprint density at radius 1 is 1.53 bits per heavy atom. The van der Waals surface area contributed by atoms with E-state index in [-0.39, 0.29) is 5.38 Å². The summed E-state index contributed by atoms with van der Waals surface area (Å²) in [6.07, 6.45) is 0.777. The minimum absolute atomic E-state index is 0.160. The number of rotatable bonds is 1. The maximum Gasteiger partial charge on any atom is 0.410 e. The molecule has 5 heteroatoms. The van der Waals surface area contributed by atoms with Gasteiger partial charge in [-0.15, -0.1) is 11.6 Å². The predicted molar refractivity (Wildman–Crippen MR) is 57.1 cm³/mol. The molecule has 0 spiro atoms. The quantitative estimate of drug-likeness (QED) is 0.513. The van der Waals surface area contributed by atoms with Gasteiger partial charge in [-0.25, -0.2) is 4.79 Å². The van der Waals surface area contributed by atoms with Gasteiger partial charge in [-0.3, -0.25) is 4.90 Å². The molecule has 2 unspecified atom stereocenters. The first kappa shape index (κ1) is 12.3. The minimum Gasteiger partial charge on any atom is -0.444 e. The fraction of sp³-hybridized carbons (Fsp3) is 0.800. The first-order valence-corrected chi connectivity index (χ1v) is 5.36. The van der Waals surface area contributed by atoms with Crippen LogP contribution in [0.2, 0.25) is 0 Å². The predicted octanol–water partition coefficient (Wildman–Crippen LogP) is 1.80. The molecule has 0 saturated carbocycles. The van der Waals surface area contributed by atoms with E-state index in [1.54, 1.807) is 20.8 Å². The standard InChI is InChI=1S/C10H16ClNO3/c1-10(2,3)15-9(14)12-5-7(11)4-8(12)6-13/h6-8H,4-5H2,1-3H3. The Bertz CT molecular complexity index is 262. The zero-order chi connectivity index (χ0) is 11.6. The summed E-state index contributed by atoms with van der Waals surface area (Å²) in [4.78, 5) is 23.8. The van der Waals surface area contributed by atoms with Crippen molar-refractivity contribution in [1.29, 1.82) is 0 Å². The molecule has 0 N–H and O–H groups in total. The van der Waals surface area contributed by atoms with Crippen LogP contribution in [0.15, 0.2) is 0 Å². The van der Waals surface area contributed by atoms with Crippen molar-refractivity contribution in [2.24, 2.45) is 0 Å². The van der Waals surface area contributed by atoms with Crippen LogP contribution in [-0.4, -0.2) is 40.8 Å². The normalized spacial score (nSPS) is 26.5. The molecule has 1 aliphatic rings. The fourth-order valence-corrected chi connectivity index (χ4v) is 1.80. The monoisotopic (exact) mass is 233 g/mol. The van der Waals surface area contributed by atoms with Gasteiger partial charge in [-0.1, -0.05) is 0 Å². The minimum atomic E-state index is -0.547. The molecule has 1 fully saturated rings. The molecular weight excluding hydrogens is 218 g/mol. The third-order valence-corrected chi connectivity index (χ3v) is 2.39. The smallest absolute Gasteiger partial charge is 0.410 e. The summed E-state index contributed by atoms with van der Waals surface area (Å²) >= 11 is 5.89. The summed E-state index contributed by atoms with van der Waals surface area (Å²) in [5.41, 5.74) is -0.547. The van der Waals surface area contributed by atoms with Gasteiger partial charge in [0.1, 0.15) is 11.9 Å². The van der Waals surface area contributed by atoms with Gasteiger partial charge in [0.15, 0.2) is 0 Å². The molecule has 4 nitrogen and oxygen atoms in total. The molecule has 0 bridgehead atoms. The van der Waals surface area contributed by atoms with Gasteiger partial charge in [0.05, 0.1) is 11.4 Å². The average molecular weight is 234 g/mol. The number of halogens is 1. The van der Waals surface area contributed by atoms with Crippen LogP contribution in [0.1, 0.15) is 27.2 Å². The van der Waals surface area contributed by atoms with E-state index in [0.717, 1.165) is 6.29 Å². The van der Waals surface area contributed by atoms with Crippen LogP contribution in [0.3, 0.4) is 0 Å². The van der Waals surface area contributed by atoms with Crippen molar-refractivity contribution in [1.82, 2.24) is 4.90 Å². The van der Waals surface area contributed by atoms with Gasteiger partial charge in [0.2, 0.25) is 0 Å². The van der Waals surface area contributed by atoms with E-state index in [9.17, 15) is 9.59 Å². The summed E-state index contributed by atoms with van der Waals surface area (Å²) in [7, 11) is 0. The van der Waals surface area contributed by atoms with Gasteiger partial charge in [-0.2, -0.15) is 0 Å². The molecule has 1 rings (SSSR count). The zero-order valence-corrected chi connectivity index (χ0v) is 9.95. The summed E-state index contributed by atoms with van der Waals surface area (Å²) < 4.78 is 5.17. The van der Waals surface area contributed by atoms with Gasteiger partial charge in [-0.05, 0) is 27.2 Å². The molecule has 0 aliphatic carbocycles. The maximum absolute atomic E-state index is 11.7. The van der Waals surface area contributed by atoms with Crippen LogP contribution in [-0.2, 0) is 9.53 Å². The number of ether oxygens (including phenoxy) is 1. The van der Waals surface area contributed by atoms with Crippen molar-refractivity contribution < 1.29 is 14.3 Å². The molecule has 15 heavy (non-hydrogen) atoms. The molecule has 0 radical (unpaired) electrons. The van der Waals surface area contributed by atoms with E-state index in [1.807, 2.05) is 0 Å². The molecule has 1 amide bonds. The van der Waals surface area contributed by atoms with Gasteiger partial charge >= 0.3 is 6.09 Å². The molecule has 1 saturated heterocycles. The van der Waals surface area contributed by atoms with Gasteiger partial charge in [0, 0.05) is 6.54 Å². The lowest BCUT2D eigenvalue weighted by atomic mass is 10.2. The van der Waals surface area contributed by atoms with Crippen molar-refractivity contribution in [3.63, 3.8) is 0 Å². The van der Waals surface area contributed by atoms with E-state index in [1.165, 1.54) is 4.90 Å². The first-order chi connectivity index (χ1) is 6.83.